The van der Waals surface area contributed by atoms with Crippen LogP contribution in [0, 0.1) is 0 Å². The third-order valence-electron chi connectivity index (χ3n) is 2.75. The fourth-order valence-electron chi connectivity index (χ4n) is 1.75. The van der Waals surface area contributed by atoms with Crippen LogP contribution in [0.1, 0.15) is 25.7 Å². The van der Waals surface area contributed by atoms with Crippen molar-refractivity contribution in [3.05, 3.63) is 0 Å². The first-order valence-electron chi connectivity index (χ1n) is 5.51. The van der Waals surface area contributed by atoms with Crippen molar-refractivity contribution in [2.45, 2.75) is 37.0 Å². The van der Waals surface area contributed by atoms with Gasteiger partial charge in [0.15, 0.2) is 0 Å². The van der Waals surface area contributed by atoms with Gasteiger partial charge in [-0.05, 0) is 38.8 Å². The molecule has 2 N–H and O–H groups in total. The lowest BCUT2D eigenvalue weighted by Gasteiger charge is -2.23. The maximum atomic E-state index is 3.64. The lowest BCUT2D eigenvalue weighted by Crippen LogP contribution is -2.40. The lowest BCUT2D eigenvalue weighted by molar-refractivity contribution is 0.395. The molecule has 2 nitrogen and oxygen atoms in total. The van der Waals surface area contributed by atoms with E-state index in [0.717, 1.165) is 11.3 Å². The third-order valence-corrected chi connectivity index (χ3v) is 4.13. The number of hydrogen-bond donors (Lipinski definition) is 2. The molecule has 0 amide bonds. The SMILES string of the molecule is C1CC(NCCSC2CC2)CCN1. The fraction of sp³-hybridized carbons (Fsp3) is 1.00. The van der Waals surface area contributed by atoms with Crippen LogP contribution in [0.3, 0.4) is 0 Å². The Morgan fingerprint density at radius 1 is 1.15 bits per heavy atom. The van der Waals surface area contributed by atoms with Gasteiger partial charge in [-0.15, -0.1) is 0 Å². The Labute approximate surface area is 85.2 Å². The predicted octanol–water partition coefficient (Wildman–Crippen LogP) is 1.22. The Balaban J connectivity index is 1.46. The Kier molecular flexibility index (Phi) is 3.94. The molecule has 2 fully saturated rings. The van der Waals surface area contributed by atoms with Crippen LogP contribution in [0.15, 0.2) is 0 Å². The van der Waals surface area contributed by atoms with Gasteiger partial charge in [-0.2, -0.15) is 11.8 Å². The van der Waals surface area contributed by atoms with E-state index in [1.807, 2.05) is 0 Å². The van der Waals surface area contributed by atoms with Crippen LogP contribution in [0.5, 0.6) is 0 Å². The molecule has 1 aliphatic heterocycles. The molecule has 0 atom stereocenters. The summed E-state index contributed by atoms with van der Waals surface area (Å²) < 4.78 is 0. The van der Waals surface area contributed by atoms with E-state index in [4.69, 9.17) is 0 Å². The Morgan fingerprint density at radius 3 is 2.62 bits per heavy atom. The van der Waals surface area contributed by atoms with E-state index in [1.165, 1.54) is 51.1 Å². The summed E-state index contributed by atoms with van der Waals surface area (Å²) in [5.41, 5.74) is 0. The van der Waals surface area contributed by atoms with Crippen LogP contribution < -0.4 is 10.6 Å². The first-order chi connectivity index (χ1) is 6.45. The predicted molar refractivity (Wildman–Crippen MR) is 59.4 cm³/mol. The zero-order chi connectivity index (χ0) is 8.93. The smallest absolute Gasteiger partial charge is 0.00915 e. The molecular weight excluding hydrogens is 180 g/mol. The van der Waals surface area contributed by atoms with E-state index < -0.39 is 0 Å². The molecule has 0 spiro atoms. The lowest BCUT2D eigenvalue weighted by atomic mass is 10.1. The Morgan fingerprint density at radius 2 is 1.92 bits per heavy atom. The van der Waals surface area contributed by atoms with E-state index in [1.54, 1.807) is 0 Å². The largest absolute Gasteiger partial charge is 0.317 e. The van der Waals surface area contributed by atoms with Crippen molar-refractivity contribution in [2.24, 2.45) is 0 Å². The number of hydrogen-bond acceptors (Lipinski definition) is 3. The van der Waals surface area contributed by atoms with Crippen molar-refractivity contribution in [3.63, 3.8) is 0 Å². The van der Waals surface area contributed by atoms with Crippen LogP contribution in [0.2, 0.25) is 0 Å². The topological polar surface area (TPSA) is 24.1 Å². The number of nitrogens with one attached hydrogen (secondary N) is 2. The zero-order valence-electron chi connectivity index (χ0n) is 8.22. The highest BCUT2D eigenvalue weighted by atomic mass is 32.2. The van der Waals surface area contributed by atoms with Gasteiger partial charge in [0, 0.05) is 23.6 Å². The molecule has 2 aliphatic rings. The average Bonchev–Trinajstić information content (AvgIpc) is 2.98. The number of piperidine rings is 1. The average molecular weight is 200 g/mol. The molecule has 0 aromatic heterocycles. The minimum atomic E-state index is 0.793. The first-order valence-corrected chi connectivity index (χ1v) is 6.56. The molecule has 76 valence electrons. The molecule has 0 aromatic carbocycles. The summed E-state index contributed by atoms with van der Waals surface area (Å²) in [6, 6.07) is 0.793. The molecule has 2 rings (SSSR count). The first kappa shape index (κ1) is 9.81. The van der Waals surface area contributed by atoms with Crippen molar-refractivity contribution in [2.75, 3.05) is 25.4 Å². The van der Waals surface area contributed by atoms with Crippen molar-refractivity contribution < 1.29 is 0 Å². The minimum absolute atomic E-state index is 0.793. The van der Waals surface area contributed by atoms with Crippen LogP contribution in [-0.2, 0) is 0 Å². The van der Waals surface area contributed by atoms with Crippen molar-refractivity contribution in [3.8, 4) is 0 Å². The zero-order valence-corrected chi connectivity index (χ0v) is 9.04. The van der Waals surface area contributed by atoms with Gasteiger partial charge in [-0.1, -0.05) is 0 Å². The second-order valence-electron chi connectivity index (χ2n) is 4.05. The summed E-state index contributed by atoms with van der Waals surface area (Å²) in [5, 5.41) is 8.06. The highest BCUT2D eigenvalue weighted by Crippen LogP contribution is 2.33. The summed E-state index contributed by atoms with van der Waals surface area (Å²) in [7, 11) is 0. The van der Waals surface area contributed by atoms with E-state index in [0.29, 0.717) is 0 Å². The molecular formula is C10H20N2S. The highest BCUT2D eigenvalue weighted by Gasteiger charge is 2.21. The number of rotatable bonds is 5. The summed E-state index contributed by atoms with van der Waals surface area (Å²) >= 11 is 2.15. The quantitative estimate of drug-likeness (QED) is 0.653. The molecule has 0 aromatic rings. The molecule has 0 radical (unpaired) electrons. The summed E-state index contributed by atoms with van der Waals surface area (Å²) in [5.74, 6) is 1.31. The van der Waals surface area contributed by atoms with Gasteiger partial charge < -0.3 is 10.6 Å². The standard InChI is InChI=1S/C10H20N2S/c1-2-10(1)13-8-7-12-9-3-5-11-6-4-9/h9-12H,1-8H2. The van der Waals surface area contributed by atoms with E-state index in [2.05, 4.69) is 22.4 Å². The molecule has 0 bridgehead atoms. The van der Waals surface area contributed by atoms with Gasteiger partial charge in [0.05, 0.1) is 0 Å². The molecule has 1 saturated heterocycles. The van der Waals surface area contributed by atoms with Gasteiger partial charge in [-0.3, -0.25) is 0 Å². The van der Waals surface area contributed by atoms with Crippen molar-refractivity contribution in [1.29, 1.82) is 0 Å². The number of thioether (sulfide) groups is 1. The summed E-state index contributed by atoms with van der Waals surface area (Å²) in [6.07, 6.45) is 5.57. The van der Waals surface area contributed by atoms with Gasteiger partial charge in [0.2, 0.25) is 0 Å². The Hall–Kier alpha value is 0.270. The van der Waals surface area contributed by atoms with E-state index in [9.17, 15) is 0 Å². The second kappa shape index (κ2) is 5.23. The van der Waals surface area contributed by atoms with Crippen LogP contribution in [0.4, 0.5) is 0 Å². The Bertz CT molecular complexity index is 142. The van der Waals surface area contributed by atoms with Crippen LogP contribution in [0.25, 0.3) is 0 Å². The third kappa shape index (κ3) is 3.88. The normalized spacial score (nSPS) is 24.9. The maximum Gasteiger partial charge on any atom is 0.00915 e. The van der Waals surface area contributed by atoms with Crippen molar-refractivity contribution >= 4 is 11.8 Å². The van der Waals surface area contributed by atoms with E-state index in [-0.39, 0.29) is 0 Å². The highest BCUT2D eigenvalue weighted by molar-refractivity contribution is 8.00. The summed E-state index contributed by atoms with van der Waals surface area (Å²) in [6.45, 7) is 3.62. The second-order valence-corrected chi connectivity index (χ2v) is 5.46. The molecule has 13 heavy (non-hydrogen) atoms. The molecule has 3 heteroatoms. The summed E-state index contributed by atoms with van der Waals surface area (Å²) in [4.78, 5) is 0. The van der Waals surface area contributed by atoms with Gasteiger partial charge in [-0.25, -0.2) is 0 Å². The minimum Gasteiger partial charge on any atom is -0.317 e. The van der Waals surface area contributed by atoms with Crippen LogP contribution >= 0.6 is 11.8 Å². The molecule has 1 aliphatic carbocycles. The van der Waals surface area contributed by atoms with E-state index >= 15 is 0 Å². The fourth-order valence-corrected chi connectivity index (χ4v) is 2.79. The molecule has 0 unspecified atom stereocenters. The van der Waals surface area contributed by atoms with Crippen LogP contribution in [-0.4, -0.2) is 36.7 Å². The monoisotopic (exact) mass is 200 g/mol. The van der Waals surface area contributed by atoms with Crippen molar-refractivity contribution in [1.82, 2.24) is 10.6 Å². The molecule has 1 heterocycles. The molecule has 1 saturated carbocycles. The maximum absolute atomic E-state index is 3.64. The van der Waals surface area contributed by atoms with Gasteiger partial charge in [0.1, 0.15) is 0 Å². The van der Waals surface area contributed by atoms with Gasteiger partial charge >= 0.3 is 0 Å². The van der Waals surface area contributed by atoms with Gasteiger partial charge in [0.25, 0.3) is 0 Å².